The first kappa shape index (κ1) is 98.2. The summed E-state index contributed by atoms with van der Waals surface area (Å²) in [6.07, 6.45) is 13.5. The van der Waals surface area contributed by atoms with E-state index in [9.17, 15) is 38.7 Å². The Balaban J connectivity index is 0.000000129. The van der Waals surface area contributed by atoms with Gasteiger partial charge in [-0.05, 0) is 354 Å². The highest BCUT2D eigenvalue weighted by Crippen LogP contribution is 2.47. The number of carbonyl (C=O) groups is 7. The van der Waals surface area contributed by atoms with Gasteiger partial charge in [-0.25, -0.2) is 0 Å². The van der Waals surface area contributed by atoms with Gasteiger partial charge in [0.25, 0.3) is 0 Å². The largest absolute Gasteiger partial charge is 0.507 e. The summed E-state index contributed by atoms with van der Waals surface area (Å²) in [4.78, 5) is 88.6. The van der Waals surface area contributed by atoms with E-state index in [1.807, 2.05) is 72.8 Å². The molecule has 4 N–H and O–H groups in total. The highest BCUT2D eigenvalue weighted by atomic mass is 16.3. The zero-order chi connectivity index (χ0) is 95.8. The zero-order valence-electron chi connectivity index (χ0n) is 82.0. The number of aromatic nitrogens is 5. The summed E-state index contributed by atoms with van der Waals surface area (Å²) < 4.78 is 11.8. The number of fused-ring (bicyclic) bond motifs is 23. The maximum Gasteiger partial charge on any atom is 0.163 e. The van der Waals surface area contributed by atoms with Crippen molar-refractivity contribution in [3.8, 4) is 5.75 Å². The maximum absolute atomic E-state index is 12.4. The Morgan fingerprint density at radius 2 is 0.676 bits per heavy atom. The number of phenols is 1. The van der Waals surface area contributed by atoms with Crippen LogP contribution in [0.1, 0.15) is 267 Å². The van der Waals surface area contributed by atoms with Crippen LogP contribution < -0.4 is 16.0 Å². The van der Waals surface area contributed by atoms with Crippen LogP contribution in [-0.2, 0) is 58.4 Å². The van der Waals surface area contributed by atoms with E-state index >= 15 is 0 Å². The molecule has 18 nitrogen and oxygen atoms in total. The molecule has 20 rings (SSSR count). The van der Waals surface area contributed by atoms with Crippen LogP contribution in [0.3, 0.4) is 0 Å². The van der Waals surface area contributed by atoms with Crippen LogP contribution >= 0.6 is 0 Å². The van der Waals surface area contributed by atoms with Crippen LogP contribution in [0.2, 0.25) is 0 Å². The van der Waals surface area contributed by atoms with E-state index in [4.69, 9.17) is 0 Å². The van der Waals surface area contributed by atoms with Crippen LogP contribution in [-0.4, -0.2) is 156 Å². The van der Waals surface area contributed by atoms with Gasteiger partial charge in [-0.3, -0.25) is 33.6 Å². The quantitative estimate of drug-likeness (QED) is 0.0280. The molecule has 0 amide bonds. The number of allylic oxidation sites excluding steroid dienone is 3. The van der Waals surface area contributed by atoms with Crippen molar-refractivity contribution in [1.82, 2.24) is 48.6 Å². The Bertz CT molecular complexity index is 7070. The Labute approximate surface area is 801 Å². The molecule has 0 radical (unpaired) electrons. The summed E-state index contributed by atoms with van der Waals surface area (Å²) in [5, 5.41) is 32.5. The van der Waals surface area contributed by atoms with Gasteiger partial charge in [0.15, 0.2) is 40.5 Å². The van der Waals surface area contributed by atoms with Crippen LogP contribution in [0.5, 0.6) is 5.75 Å². The molecule has 0 spiro atoms. The minimum absolute atomic E-state index is 0. The molecular weight excluding hydrogens is 1690 g/mol. The molecule has 6 heterocycles. The number of aromatic hydroxyl groups is 1. The molecule has 0 unspecified atom stereocenters. The standard InChI is InChI=1S/C25H30N2O2.C24H26N2O.C23H26N2O2.C23H26N2O.C22H26N2O2.CH4/c1-17-9-13-26(14-10-17)11-4-12-27-24-7-5-20(18(2)28)15-22(24)23-16-21(19(3)29)6-8-25(23)27;1-15-5-6-18-16(15)7-10-20-23(18)24-19-9-12-22(27)17(19)8-11-21(24)26(20)14-4-13-25(2)3;1-13(2)24-9-10-25-20-8-7-16-14(3)5-6-17(16)23(20)19-11-18(15(4)26)22(27)12-21(19)25;1-14(2)24-11-12-25-21-9-6-17(16(4)26)13-20(21)23-19-7-5-15(3)18(19)8-10-22(23)25;1-14(2)23-10-5-11-24-21-8-6-17(15(3)25)12-19(21)20-13-18(16(4)26)7-9-22(20)24;/h5-8,15-17H,4,9-14H2,1-3H3;7-8,10-11H,1,4-6,9,12-14H2,2-3H3;7-8,11-13,24,27H,3,5-6,9-10H2,1-2,4H3;6,8-10,13-14,24H,3,5,7,11-12H2,1-2,4H3;6-9,12-14,23H,5,10-11H2,1-4H3;1H4. The van der Waals surface area contributed by atoms with E-state index in [1.54, 1.807) is 40.7 Å². The summed E-state index contributed by atoms with van der Waals surface area (Å²) in [6.45, 7) is 49.3. The van der Waals surface area contributed by atoms with Crippen molar-refractivity contribution in [2.45, 2.75) is 232 Å². The van der Waals surface area contributed by atoms with E-state index in [0.29, 0.717) is 58.1 Å². The number of nitrogens with zero attached hydrogens (tertiary/aromatic N) is 7. The Morgan fingerprint density at radius 3 is 1.07 bits per heavy atom. The first-order valence-corrected chi connectivity index (χ1v) is 49.0. The number of rotatable bonds is 27. The Hall–Kier alpha value is -12.3. The summed E-state index contributed by atoms with van der Waals surface area (Å²) in [6, 6.07) is 52.3. The van der Waals surface area contributed by atoms with Gasteiger partial charge in [0.05, 0.1) is 11.1 Å². The fourth-order valence-corrected chi connectivity index (χ4v) is 21.5. The lowest BCUT2D eigenvalue weighted by atomic mass is 9.97. The maximum atomic E-state index is 12.4. The molecule has 18 heteroatoms. The van der Waals surface area contributed by atoms with Gasteiger partial charge in [-0.1, -0.05) is 93.8 Å². The number of ketones is 7. The number of carbonyl (C=O) groups excluding carboxylic acids is 7. The number of hydrogen-bond donors (Lipinski definition) is 4. The van der Waals surface area contributed by atoms with Gasteiger partial charge >= 0.3 is 0 Å². The van der Waals surface area contributed by atoms with Crippen molar-refractivity contribution in [2.24, 2.45) is 5.92 Å². The van der Waals surface area contributed by atoms with Gasteiger partial charge in [0.2, 0.25) is 0 Å². The van der Waals surface area contributed by atoms with Crippen molar-refractivity contribution in [3.63, 3.8) is 0 Å². The van der Waals surface area contributed by atoms with E-state index in [2.05, 4.69) is 204 Å². The second kappa shape index (κ2) is 41.7. The SMILES string of the molecule is C.C=C1CCc2c1ccc1c2c2c3c(ccc2n1CCCN(C)C)C(=O)CC3.C=C1CCc2c1ccc1c2c2cc(C(C)=O)c(O)cc2n1CCNC(C)C.C=C1CCc2c1ccc1c2c2cc(C(C)=O)ccc2n1CCNC(C)C.CC(=O)c1ccc2c(c1)c1cc(C(C)=O)ccc1n2CCCN1CCC(C)CC1.CC(=O)c1ccc2c(c1)c1cc(C(C)=O)ccc1n2CCCNC(C)C. The second-order valence-corrected chi connectivity index (χ2v) is 39.5. The minimum atomic E-state index is -0.117. The van der Waals surface area contributed by atoms with E-state index in [1.165, 1.54) is 138 Å². The molecule has 1 saturated heterocycles. The molecule has 5 aliphatic rings. The number of piperidine rings is 1. The summed E-state index contributed by atoms with van der Waals surface area (Å²) >= 11 is 0. The number of benzene rings is 10. The van der Waals surface area contributed by atoms with E-state index in [0.717, 1.165) is 207 Å². The molecule has 0 bridgehead atoms. The minimum Gasteiger partial charge on any atom is -0.507 e. The monoisotopic (exact) mass is 1820 g/mol. The molecule has 708 valence electrons. The molecule has 0 saturated carbocycles. The van der Waals surface area contributed by atoms with Crippen LogP contribution in [0.4, 0.5) is 0 Å². The topological polar surface area (TPSA) is 207 Å². The first-order chi connectivity index (χ1) is 64.7. The second-order valence-electron chi connectivity index (χ2n) is 39.5. The van der Waals surface area contributed by atoms with Gasteiger partial charge < -0.3 is 53.7 Å². The summed E-state index contributed by atoms with van der Waals surface area (Å²) in [5.41, 5.74) is 29.6. The predicted molar refractivity (Wildman–Crippen MR) is 567 cm³/mol. The Morgan fingerprint density at radius 1 is 0.360 bits per heavy atom. The third kappa shape index (κ3) is 20.0. The molecule has 1 aliphatic heterocycles. The molecule has 136 heavy (non-hydrogen) atoms. The number of aryl methyl sites for hydroxylation is 7. The van der Waals surface area contributed by atoms with E-state index in [-0.39, 0.29) is 47.9 Å². The third-order valence-corrected chi connectivity index (χ3v) is 28.6. The van der Waals surface area contributed by atoms with E-state index < -0.39 is 0 Å². The average Bonchev–Trinajstić information content (AvgIpc) is 1.56. The molecular formula is C118H138N10O8. The zero-order valence-corrected chi connectivity index (χ0v) is 82.0. The fourth-order valence-electron chi connectivity index (χ4n) is 21.5. The van der Waals surface area contributed by atoms with Crippen molar-refractivity contribution < 1.29 is 38.7 Å². The van der Waals surface area contributed by atoms with Gasteiger partial charge in [-0.15, -0.1) is 0 Å². The molecule has 15 aromatic rings. The number of phenolic OH excluding ortho intramolecular Hbond substituents is 1. The molecule has 4 aliphatic carbocycles. The normalized spacial score (nSPS) is 14.2. The first-order valence-electron chi connectivity index (χ1n) is 49.0. The summed E-state index contributed by atoms with van der Waals surface area (Å²) in [7, 11) is 4.26. The van der Waals surface area contributed by atoms with Crippen LogP contribution in [0, 0.1) is 5.92 Å². The number of nitrogens with one attached hydrogen (secondary N) is 3. The van der Waals surface area contributed by atoms with Crippen LogP contribution in [0.15, 0.2) is 171 Å². The lowest BCUT2D eigenvalue weighted by molar-refractivity contribution is 0.0988. The highest BCUT2D eigenvalue weighted by molar-refractivity contribution is 6.20. The molecule has 1 fully saturated rings. The predicted octanol–water partition coefficient (Wildman–Crippen LogP) is 25.0. The lowest BCUT2D eigenvalue weighted by Gasteiger charge is -2.30. The lowest BCUT2D eigenvalue weighted by Crippen LogP contribution is -2.33. The molecule has 0 atom stereocenters. The van der Waals surface area contributed by atoms with Crippen LogP contribution in [0.25, 0.3) is 126 Å². The van der Waals surface area contributed by atoms with Crippen molar-refractivity contribution in [2.75, 3.05) is 59.9 Å². The third-order valence-electron chi connectivity index (χ3n) is 28.6. The average molecular weight is 1820 g/mol. The fraction of sp³-hybridized carbons (Fsp3) is 0.381. The number of hydrogen-bond acceptors (Lipinski definition) is 13. The Kier molecular flexibility index (Phi) is 30.1. The van der Waals surface area contributed by atoms with Crippen molar-refractivity contribution in [3.05, 3.63) is 249 Å². The molecule has 5 aromatic heterocycles. The number of likely N-dealkylation sites (tertiary alicyclic amines) is 1. The van der Waals surface area contributed by atoms with Gasteiger partial charge in [-0.2, -0.15) is 0 Å². The van der Waals surface area contributed by atoms with Crippen molar-refractivity contribution in [1.29, 1.82) is 0 Å². The molecule has 10 aromatic carbocycles. The van der Waals surface area contributed by atoms with Crippen molar-refractivity contribution >= 4 is 166 Å². The number of Topliss-reactive ketones (excluding diaryl/α,β-unsaturated/α-hetero) is 7. The smallest absolute Gasteiger partial charge is 0.163 e. The summed E-state index contributed by atoms with van der Waals surface area (Å²) in [5.74, 6) is 1.45. The van der Waals surface area contributed by atoms with Gasteiger partial charge in [0, 0.05) is 213 Å². The van der Waals surface area contributed by atoms with Gasteiger partial charge in [0.1, 0.15) is 5.75 Å². The highest BCUT2D eigenvalue weighted by Gasteiger charge is 2.31.